The van der Waals surface area contributed by atoms with E-state index in [1.807, 2.05) is 18.2 Å². The molecule has 0 aliphatic heterocycles. The van der Waals surface area contributed by atoms with E-state index in [1.165, 1.54) is 18.4 Å². The highest BCUT2D eigenvalue weighted by molar-refractivity contribution is 6.05. The third kappa shape index (κ3) is 0.927. The zero-order valence-corrected chi connectivity index (χ0v) is 8.25. The van der Waals surface area contributed by atoms with Crippen LogP contribution < -0.4 is 0 Å². The van der Waals surface area contributed by atoms with Gasteiger partial charge in [-0.15, -0.1) is 0 Å². The van der Waals surface area contributed by atoms with Crippen LogP contribution >= 0.6 is 0 Å². The van der Waals surface area contributed by atoms with Crippen LogP contribution in [0.3, 0.4) is 0 Å². The molecule has 1 heteroatoms. The highest BCUT2D eigenvalue weighted by Gasteiger charge is 2.46. The maximum atomic E-state index is 12.2. The van der Waals surface area contributed by atoms with Crippen LogP contribution in [-0.2, 0) is 6.42 Å². The molecule has 3 rings (SSSR count). The minimum Gasteiger partial charge on any atom is -0.294 e. The number of Topliss-reactive ketones (excluding diaryl/α,β-unsaturated/α-hetero) is 1. The Morgan fingerprint density at radius 3 is 2.50 bits per heavy atom. The summed E-state index contributed by atoms with van der Waals surface area (Å²) in [7, 11) is 0. The maximum absolute atomic E-state index is 12.2. The summed E-state index contributed by atoms with van der Waals surface area (Å²) in [4.78, 5) is 12.2. The van der Waals surface area contributed by atoms with Crippen molar-refractivity contribution in [2.75, 3.05) is 0 Å². The van der Waals surface area contributed by atoms with E-state index >= 15 is 0 Å². The predicted octanol–water partition coefficient (Wildman–Crippen LogP) is 2.99. The van der Waals surface area contributed by atoms with Gasteiger partial charge in [-0.2, -0.15) is 0 Å². The summed E-state index contributed by atoms with van der Waals surface area (Å²) in [5.74, 6) is 0.422. The summed E-state index contributed by atoms with van der Waals surface area (Å²) >= 11 is 0. The largest absolute Gasteiger partial charge is 0.294 e. The summed E-state index contributed by atoms with van der Waals surface area (Å²) < 4.78 is 0. The molecular weight excluding hydrogens is 172 g/mol. The van der Waals surface area contributed by atoms with Crippen LogP contribution in [0.5, 0.6) is 0 Å². The van der Waals surface area contributed by atoms with Gasteiger partial charge in [0.05, 0.1) is 0 Å². The lowest BCUT2D eigenvalue weighted by Gasteiger charge is -2.19. The van der Waals surface area contributed by atoms with Gasteiger partial charge in [0.2, 0.25) is 0 Å². The van der Waals surface area contributed by atoms with E-state index in [2.05, 4.69) is 6.07 Å². The number of fused-ring (bicyclic) bond motifs is 1. The van der Waals surface area contributed by atoms with E-state index in [-0.39, 0.29) is 5.41 Å². The van der Waals surface area contributed by atoms with Gasteiger partial charge in [0.15, 0.2) is 5.78 Å². The van der Waals surface area contributed by atoms with Crippen molar-refractivity contribution >= 4 is 5.78 Å². The molecule has 1 nitrogen and oxygen atoms in total. The number of hydrogen-bond acceptors (Lipinski definition) is 1. The van der Waals surface area contributed by atoms with Gasteiger partial charge in [-0.1, -0.05) is 37.1 Å². The fourth-order valence-electron chi connectivity index (χ4n) is 3.08. The van der Waals surface area contributed by atoms with Gasteiger partial charge in [0.25, 0.3) is 0 Å². The number of benzene rings is 1. The van der Waals surface area contributed by atoms with Crippen LogP contribution in [0, 0.1) is 5.41 Å². The van der Waals surface area contributed by atoms with Crippen molar-refractivity contribution in [2.45, 2.75) is 32.1 Å². The Kier molecular flexibility index (Phi) is 1.58. The minimum absolute atomic E-state index is 0.0175. The average molecular weight is 186 g/mol. The third-order valence-corrected chi connectivity index (χ3v) is 3.83. The molecule has 72 valence electrons. The molecular formula is C13H14O. The van der Waals surface area contributed by atoms with Gasteiger partial charge in [-0.25, -0.2) is 0 Å². The molecule has 2 aliphatic carbocycles. The Hall–Kier alpha value is -1.11. The summed E-state index contributed by atoms with van der Waals surface area (Å²) in [6.45, 7) is 0. The second-order valence-corrected chi connectivity index (χ2v) is 4.65. The van der Waals surface area contributed by atoms with Crippen molar-refractivity contribution in [2.24, 2.45) is 5.41 Å². The molecule has 0 heterocycles. The number of carbonyl (C=O) groups excluding carboxylic acids is 1. The molecule has 1 fully saturated rings. The van der Waals surface area contributed by atoms with Crippen LogP contribution in [0.2, 0.25) is 0 Å². The molecule has 0 atom stereocenters. The summed E-state index contributed by atoms with van der Waals surface area (Å²) in [5.41, 5.74) is 2.29. The first-order valence-electron chi connectivity index (χ1n) is 5.45. The second-order valence-electron chi connectivity index (χ2n) is 4.65. The van der Waals surface area contributed by atoms with Gasteiger partial charge in [0, 0.05) is 11.0 Å². The lowest BCUT2D eigenvalue weighted by Crippen LogP contribution is -2.23. The predicted molar refractivity (Wildman–Crippen MR) is 55.4 cm³/mol. The number of rotatable bonds is 0. The summed E-state index contributed by atoms with van der Waals surface area (Å²) in [6, 6.07) is 8.12. The first kappa shape index (κ1) is 8.22. The minimum atomic E-state index is 0.0175. The molecule has 1 spiro atoms. The lowest BCUT2D eigenvalue weighted by molar-refractivity contribution is 0.0827. The van der Waals surface area contributed by atoms with Crippen molar-refractivity contribution in [1.29, 1.82) is 0 Å². The molecule has 1 aromatic rings. The van der Waals surface area contributed by atoms with E-state index < -0.39 is 0 Å². The van der Waals surface area contributed by atoms with Crippen LogP contribution in [0.4, 0.5) is 0 Å². The first-order chi connectivity index (χ1) is 6.82. The Bertz CT molecular complexity index is 386. The van der Waals surface area contributed by atoms with Crippen molar-refractivity contribution in [3.63, 3.8) is 0 Å². The number of ketones is 1. The Labute approximate surface area is 84.1 Å². The fraction of sp³-hybridized carbons (Fsp3) is 0.462. The quantitative estimate of drug-likeness (QED) is 0.608. The smallest absolute Gasteiger partial charge is 0.169 e. The average Bonchev–Trinajstić information content (AvgIpc) is 2.77. The van der Waals surface area contributed by atoms with Crippen molar-refractivity contribution in [3.05, 3.63) is 35.4 Å². The lowest BCUT2D eigenvalue weighted by atomic mass is 9.82. The monoisotopic (exact) mass is 186 g/mol. The molecule has 0 bridgehead atoms. The van der Waals surface area contributed by atoms with Gasteiger partial charge in [-0.3, -0.25) is 4.79 Å². The van der Waals surface area contributed by atoms with Gasteiger partial charge < -0.3 is 0 Å². The van der Waals surface area contributed by atoms with Gasteiger partial charge in [-0.05, 0) is 24.8 Å². The standard InChI is InChI=1S/C13H14O/c14-12-11-6-2-1-5-10(11)9-13(12)7-3-4-8-13/h1-2,5-6H,3-4,7-9H2. The van der Waals surface area contributed by atoms with Crippen LogP contribution in [-0.4, -0.2) is 5.78 Å². The zero-order valence-electron chi connectivity index (χ0n) is 8.25. The molecule has 1 saturated carbocycles. The SMILES string of the molecule is O=C1c2ccccc2CC12CCCC2. The van der Waals surface area contributed by atoms with Crippen molar-refractivity contribution < 1.29 is 4.79 Å². The van der Waals surface area contributed by atoms with Crippen LogP contribution in [0.25, 0.3) is 0 Å². The van der Waals surface area contributed by atoms with Crippen molar-refractivity contribution in [1.82, 2.24) is 0 Å². The van der Waals surface area contributed by atoms with E-state index in [9.17, 15) is 4.79 Å². The molecule has 0 amide bonds. The highest BCUT2D eigenvalue weighted by Crippen LogP contribution is 2.48. The number of carbonyl (C=O) groups is 1. The van der Waals surface area contributed by atoms with Crippen LogP contribution in [0.1, 0.15) is 41.6 Å². The summed E-state index contributed by atoms with van der Waals surface area (Å²) in [6.07, 6.45) is 5.70. The molecule has 0 aromatic heterocycles. The fourth-order valence-corrected chi connectivity index (χ4v) is 3.08. The van der Waals surface area contributed by atoms with Crippen LogP contribution in [0.15, 0.2) is 24.3 Å². The number of hydrogen-bond donors (Lipinski definition) is 0. The normalized spacial score (nSPS) is 23.0. The van der Waals surface area contributed by atoms with E-state index in [1.54, 1.807) is 0 Å². The molecule has 0 N–H and O–H groups in total. The maximum Gasteiger partial charge on any atom is 0.169 e. The van der Waals surface area contributed by atoms with E-state index in [4.69, 9.17) is 0 Å². The molecule has 0 saturated heterocycles. The zero-order chi connectivity index (χ0) is 9.60. The molecule has 1 aromatic carbocycles. The summed E-state index contributed by atoms with van der Waals surface area (Å²) in [5, 5.41) is 0. The van der Waals surface area contributed by atoms with Gasteiger partial charge >= 0.3 is 0 Å². The highest BCUT2D eigenvalue weighted by atomic mass is 16.1. The molecule has 0 radical (unpaired) electrons. The molecule has 0 unspecified atom stereocenters. The third-order valence-electron chi connectivity index (χ3n) is 3.83. The van der Waals surface area contributed by atoms with E-state index in [0.717, 1.165) is 24.8 Å². The Balaban J connectivity index is 2.09. The van der Waals surface area contributed by atoms with Gasteiger partial charge in [0.1, 0.15) is 0 Å². The first-order valence-corrected chi connectivity index (χ1v) is 5.45. The molecule has 2 aliphatic rings. The second kappa shape index (κ2) is 2.69. The Morgan fingerprint density at radius 1 is 1.07 bits per heavy atom. The van der Waals surface area contributed by atoms with E-state index in [0.29, 0.717) is 5.78 Å². The Morgan fingerprint density at radius 2 is 1.79 bits per heavy atom. The topological polar surface area (TPSA) is 17.1 Å². The van der Waals surface area contributed by atoms with Crippen molar-refractivity contribution in [3.8, 4) is 0 Å². The molecule has 14 heavy (non-hydrogen) atoms.